The molecule has 92 valence electrons. The van der Waals surface area contributed by atoms with Gasteiger partial charge in [-0.3, -0.25) is 9.69 Å². The number of pyridine rings is 1. The van der Waals surface area contributed by atoms with E-state index in [2.05, 4.69) is 25.8 Å². The van der Waals surface area contributed by atoms with Gasteiger partial charge in [-0.15, -0.1) is 0 Å². The molecule has 0 aromatic carbocycles. The first-order valence-electron chi connectivity index (χ1n) is 5.78. The number of carbonyl (C=O) groups excluding carboxylic acids is 1. The van der Waals surface area contributed by atoms with Gasteiger partial charge in [0.25, 0.3) is 0 Å². The van der Waals surface area contributed by atoms with E-state index in [-0.39, 0.29) is 11.8 Å². The number of aromatic nitrogens is 1. The molecule has 0 bridgehead atoms. The fraction of sp³-hybridized carbons (Fsp3) is 0.500. The average molecular weight is 298 g/mol. The fourth-order valence-corrected chi connectivity index (χ4v) is 2.58. The Morgan fingerprint density at radius 1 is 1.59 bits per heavy atom. The van der Waals surface area contributed by atoms with Gasteiger partial charge in [0.05, 0.1) is 11.6 Å². The number of halogens is 1. The second kappa shape index (κ2) is 5.60. The Kier molecular flexibility index (Phi) is 4.12. The number of nitrogens with zero attached hydrogens (tertiary/aromatic N) is 2. The summed E-state index contributed by atoms with van der Waals surface area (Å²) in [5, 5.41) is 0. The third-order valence-corrected chi connectivity index (χ3v) is 3.51. The standard InChI is InChI=1S/C12H16BrN3O/c13-11-5-1-4-10(15-11)8-16-6-2-3-9(7-16)12(14)17/h1,4-5,9H,2-3,6-8H2,(H2,14,17). The van der Waals surface area contributed by atoms with Crippen molar-refractivity contribution in [3.05, 3.63) is 28.5 Å². The number of rotatable bonds is 3. The molecule has 17 heavy (non-hydrogen) atoms. The van der Waals surface area contributed by atoms with E-state index in [1.54, 1.807) is 0 Å². The van der Waals surface area contributed by atoms with E-state index in [0.717, 1.165) is 42.8 Å². The molecule has 1 aliphatic heterocycles. The highest BCUT2D eigenvalue weighted by molar-refractivity contribution is 9.10. The molecule has 2 rings (SSSR count). The van der Waals surface area contributed by atoms with Crippen LogP contribution in [-0.2, 0) is 11.3 Å². The van der Waals surface area contributed by atoms with Crippen LogP contribution in [0.4, 0.5) is 0 Å². The van der Waals surface area contributed by atoms with Crippen molar-refractivity contribution in [1.82, 2.24) is 9.88 Å². The van der Waals surface area contributed by atoms with Crippen molar-refractivity contribution >= 4 is 21.8 Å². The first kappa shape index (κ1) is 12.5. The molecule has 0 spiro atoms. The lowest BCUT2D eigenvalue weighted by Crippen LogP contribution is -2.40. The summed E-state index contributed by atoms with van der Waals surface area (Å²) in [5.41, 5.74) is 6.38. The van der Waals surface area contributed by atoms with E-state index in [4.69, 9.17) is 5.73 Å². The van der Waals surface area contributed by atoms with Crippen LogP contribution in [0.15, 0.2) is 22.8 Å². The average Bonchev–Trinajstić information content (AvgIpc) is 2.29. The Morgan fingerprint density at radius 3 is 3.12 bits per heavy atom. The largest absolute Gasteiger partial charge is 0.369 e. The molecule has 1 aromatic heterocycles. The number of hydrogen-bond acceptors (Lipinski definition) is 3. The molecule has 0 saturated carbocycles. The summed E-state index contributed by atoms with van der Waals surface area (Å²) in [4.78, 5) is 17.8. The zero-order valence-electron chi connectivity index (χ0n) is 9.60. The number of carbonyl (C=O) groups is 1. The molecule has 1 fully saturated rings. The van der Waals surface area contributed by atoms with Gasteiger partial charge in [0.1, 0.15) is 4.60 Å². The molecule has 1 amide bonds. The summed E-state index contributed by atoms with van der Waals surface area (Å²) in [7, 11) is 0. The lowest BCUT2D eigenvalue weighted by Gasteiger charge is -2.30. The number of hydrogen-bond donors (Lipinski definition) is 1. The van der Waals surface area contributed by atoms with E-state index in [0.29, 0.717) is 0 Å². The highest BCUT2D eigenvalue weighted by Gasteiger charge is 2.23. The highest BCUT2D eigenvalue weighted by Crippen LogP contribution is 2.18. The van der Waals surface area contributed by atoms with Crippen LogP contribution in [0.2, 0.25) is 0 Å². The van der Waals surface area contributed by atoms with Crippen molar-refractivity contribution < 1.29 is 4.79 Å². The van der Waals surface area contributed by atoms with Gasteiger partial charge in [-0.05, 0) is 47.4 Å². The van der Waals surface area contributed by atoms with Crippen molar-refractivity contribution in [1.29, 1.82) is 0 Å². The molecule has 2 N–H and O–H groups in total. The molecule has 0 radical (unpaired) electrons. The third-order valence-electron chi connectivity index (χ3n) is 3.07. The zero-order valence-corrected chi connectivity index (χ0v) is 11.2. The number of likely N-dealkylation sites (tertiary alicyclic amines) is 1. The second-order valence-corrected chi connectivity index (χ2v) is 5.24. The van der Waals surface area contributed by atoms with Gasteiger partial charge in [-0.25, -0.2) is 4.98 Å². The van der Waals surface area contributed by atoms with Crippen molar-refractivity contribution in [2.45, 2.75) is 19.4 Å². The maximum atomic E-state index is 11.2. The third kappa shape index (κ3) is 3.51. The maximum Gasteiger partial charge on any atom is 0.221 e. The Balaban J connectivity index is 1.97. The first-order chi connectivity index (χ1) is 8.15. The zero-order chi connectivity index (χ0) is 12.3. The molecule has 1 atom stereocenters. The molecular weight excluding hydrogens is 282 g/mol. The predicted molar refractivity (Wildman–Crippen MR) is 69.1 cm³/mol. The fourth-order valence-electron chi connectivity index (χ4n) is 2.20. The van der Waals surface area contributed by atoms with Crippen molar-refractivity contribution in [3.8, 4) is 0 Å². The Labute approximate surface area is 109 Å². The van der Waals surface area contributed by atoms with E-state index >= 15 is 0 Å². The monoisotopic (exact) mass is 297 g/mol. The van der Waals surface area contributed by atoms with Crippen LogP contribution in [0, 0.1) is 5.92 Å². The summed E-state index contributed by atoms with van der Waals surface area (Å²) in [6.07, 6.45) is 1.94. The smallest absolute Gasteiger partial charge is 0.221 e. The van der Waals surface area contributed by atoms with Crippen LogP contribution in [0.5, 0.6) is 0 Å². The van der Waals surface area contributed by atoms with Crippen molar-refractivity contribution in [2.75, 3.05) is 13.1 Å². The van der Waals surface area contributed by atoms with Gasteiger partial charge >= 0.3 is 0 Å². The SMILES string of the molecule is NC(=O)C1CCCN(Cc2cccc(Br)n2)C1. The number of amides is 1. The van der Waals surface area contributed by atoms with Crippen LogP contribution >= 0.6 is 15.9 Å². The molecule has 1 unspecified atom stereocenters. The molecule has 0 aliphatic carbocycles. The van der Waals surface area contributed by atoms with E-state index in [1.807, 2.05) is 18.2 Å². The van der Waals surface area contributed by atoms with Crippen LogP contribution in [0.1, 0.15) is 18.5 Å². The van der Waals surface area contributed by atoms with Gasteiger partial charge in [0.2, 0.25) is 5.91 Å². The molecule has 1 aliphatic rings. The summed E-state index contributed by atoms with van der Waals surface area (Å²) in [6, 6.07) is 5.88. The molecule has 1 saturated heterocycles. The minimum atomic E-state index is -0.183. The van der Waals surface area contributed by atoms with Gasteiger partial charge in [0, 0.05) is 13.1 Å². The minimum Gasteiger partial charge on any atom is -0.369 e. The molecule has 5 heteroatoms. The van der Waals surface area contributed by atoms with E-state index in [1.165, 1.54) is 0 Å². The minimum absolute atomic E-state index is 0.00379. The van der Waals surface area contributed by atoms with Gasteiger partial charge in [0.15, 0.2) is 0 Å². The van der Waals surface area contributed by atoms with Crippen LogP contribution in [0.3, 0.4) is 0 Å². The summed E-state index contributed by atoms with van der Waals surface area (Å²) in [6.45, 7) is 2.55. The van der Waals surface area contributed by atoms with Crippen LogP contribution in [0.25, 0.3) is 0 Å². The quantitative estimate of drug-likeness (QED) is 0.861. The number of piperidine rings is 1. The lowest BCUT2D eigenvalue weighted by molar-refractivity contribution is -0.123. The number of primary amides is 1. The van der Waals surface area contributed by atoms with E-state index in [9.17, 15) is 4.79 Å². The van der Waals surface area contributed by atoms with Crippen LogP contribution in [-0.4, -0.2) is 28.9 Å². The normalized spacial score (nSPS) is 21.4. The predicted octanol–water partition coefficient (Wildman–Crippen LogP) is 1.54. The molecule has 1 aromatic rings. The van der Waals surface area contributed by atoms with E-state index < -0.39 is 0 Å². The Morgan fingerprint density at radius 2 is 2.41 bits per heavy atom. The van der Waals surface area contributed by atoms with Gasteiger partial charge < -0.3 is 5.73 Å². The van der Waals surface area contributed by atoms with Crippen molar-refractivity contribution in [3.63, 3.8) is 0 Å². The number of nitrogens with two attached hydrogens (primary N) is 1. The highest BCUT2D eigenvalue weighted by atomic mass is 79.9. The topological polar surface area (TPSA) is 59.2 Å². The second-order valence-electron chi connectivity index (χ2n) is 4.43. The van der Waals surface area contributed by atoms with Gasteiger partial charge in [-0.2, -0.15) is 0 Å². The van der Waals surface area contributed by atoms with Crippen molar-refractivity contribution in [2.24, 2.45) is 11.7 Å². The molecule has 4 nitrogen and oxygen atoms in total. The lowest BCUT2D eigenvalue weighted by atomic mass is 9.97. The maximum absolute atomic E-state index is 11.2. The van der Waals surface area contributed by atoms with Crippen LogP contribution < -0.4 is 5.73 Å². The summed E-state index contributed by atoms with van der Waals surface area (Å²) < 4.78 is 0.846. The Bertz CT molecular complexity index is 410. The first-order valence-corrected chi connectivity index (χ1v) is 6.57. The summed E-state index contributed by atoms with van der Waals surface area (Å²) in [5.74, 6) is -0.187. The Hall–Kier alpha value is -0.940. The molecule has 2 heterocycles. The summed E-state index contributed by atoms with van der Waals surface area (Å²) >= 11 is 3.36. The van der Waals surface area contributed by atoms with Gasteiger partial charge in [-0.1, -0.05) is 6.07 Å². The molecular formula is C12H16BrN3O.